The van der Waals surface area contributed by atoms with Crippen LogP contribution in [0.2, 0.25) is 0 Å². The Bertz CT molecular complexity index is 669. The van der Waals surface area contributed by atoms with Crippen molar-refractivity contribution >= 4 is 33.2 Å². The summed E-state index contributed by atoms with van der Waals surface area (Å²) in [6.07, 6.45) is 0.651. The fourth-order valence-corrected chi connectivity index (χ4v) is 2.25. The van der Waals surface area contributed by atoms with E-state index in [4.69, 9.17) is 5.73 Å². The quantitative estimate of drug-likeness (QED) is 0.802. The van der Waals surface area contributed by atoms with Crippen LogP contribution in [-0.4, -0.2) is 16.1 Å². The number of nitrogens with zero attached hydrogens (tertiary/aromatic N) is 1. The van der Waals surface area contributed by atoms with Crippen LogP contribution in [-0.2, 0) is 6.42 Å². The molecule has 0 saturated carbocycles. The first-order chi connectivity index (χ1) is 9.43. The summed E-state index contributed by atoms with van der Waals surface area (Å²) in [4.78, 5) is 12.1. The molecule has 0 fully saturated rings. The number of aromatic nitrogens is 2. The highest BCUT2D eigenvalue weighted by Gasteiger charge is 2.17. The van der Waals surface area contributed by atoms with E-state index < -0.39 is 11.7 Å². The lowest BCUT2D eigenvalue weighted by atomic mass is 10.2. The van der Waals surface area contributed by atoms with Gasteiger partial charge in [0.1, 0.15) is 5.82 Å². The van der Waals surface area contributed by atoms with Gasteiger partial charge in [0.05, 0.1) is 15.9 Å². The van der Waals surface area contributed by atoms with Crippen LogP contribution in [0.1, 0.15) is 28.7 Å². The number of halogens is 2. The molecule has 1 aromatic carbocycles. The van der Waals surface area contributed by atoms with Gasteiger partial charge in [-0.25, -0.2) is 4.39 Å². The van der Waals surface area contributed by atoms with E-state index >= 15 is 0 Å². The number of nitrogens with one attached hydrogen (secondary N) is 2. The molecule has 20 heavy (non-hydrogen) atoms. The highest BCUT2D eigenvalue weighted by atomic mass is 79.9. The molecular weight excluding hydrogens is 327 g/mol. The molecule has 1 heterocycles. The first-order valence-electron chi connectivity index (χ1n) is 6.03. The second kappa shape index (κ2) is 5.62. The standard InChI is InChI=1S/C13H14BrFN4O/c1-3-9-11(16)12(19-18-9)13(20)17-10-5-8(15)7(14)4-6(10)2/h4-5H,3,16H2,1-2H3,(H,17,20)(H,18,19). The van der Waals surface area contributed by atoms with Gasteiger partial charge < -0.3 is 11.1 Å². The monoisotopic (exact) mass is 340 g/mol. The Balaban J connectivity index is 2.28. The zero-order chi connectivity index (χ0) is 14.9. The number of aryl methyl sites for hydroxylation is 2. The van der Waals surface area contributed by atoms with Gasteiger partial charge in [-0.1, -0.05) is 6.92 Å². The van der Waals surface area contributed by atoms with E-state index in [2.05, 4.69) is 31.4 Å². The number of carbonyl (C=O) groups is 1. The Hall–Kier alpha value is -1.89. The number of hydrogen-bond donors (Lipinski definition) is 3. The van der Waals surface area contributed by atoms with Crippen LogP contribution < -0.4 is 11.1 Å². The maximum Gasteiger partial charge on any atom is 0.278 e. The maximum absolute atomic E-state index is 13.5. The molecule has 0 aliphatic heterocycles. The van der Waals surface area contributed by atoms with E-state index in [-0.39, 0.29) is 5.69 Å². The second-order valence-corrected chi connectivity index (χ2v) is 5.21. The van der Waals surface area contributed by atoms with E-state index in [0.29, 0.717) is 28.0 Å². The minimum Gasteiger partial charge on any atom is -0.395 e. The Kier molecular flexibility index (Phi) is 4.08. The number of benzene rings is 1. The van der Waals surface area contributed by atoms with Crippen molar-refractivity contribution in [3.63, 3.8) is 0 Å². The molecule has 7 heteroatoms. The summed E-state index contributed by atoms with van der Waals surface area (Å²) in [6.45, 7) is 3.67. The molecule has 5 nitrogen and oxygen atoms in total. The highest BCUT2D eigenvalue weighted by Crippen LogP contribution is 2.25. The Morgan fingerprint density at radius 2 is 2.25 bits per heavy atom. The number of rotatable bonds is 3. The molecular formula is C13H14BrFN4O. The first-order valence-corrected chi connectivity index (χ1v) is 6.83. The van der Waals surface area contributed by atoms with Gasteiger partial charge in [0, 0.05) is 5.69 Å². The SMILES string of the molecule is CCc1[nH]nc(C(=O)Nc2cc(F)c(Br)cc2C)c1N. The summed E-state index contributed by atoms with van der Waals surface area (Å²) in [5, 5.41) is 9.21. The van der Waals surface area contributed by atoms with Crippen LogP contribution in [0.25, 0.3) is 0 Å². The molecule has 2 rings (SSSR count). The van der Waals surface area contributed by atoms with Crippen LogP contribution >= 0.6 is 15.9 Å². The molecule has 0 spiro atoms. The van der Waals surface area contributed by atoms with Crippen LogP contribution in [0.15, 0.2) is 16.6 Å². The number of amides is 1. The second-order valence-electron chi connectivity index (χ2n) is 4.35. The smallest absolute Gasteiger partial charge is 0.278 e. The number of carbonyl (C=O) groups excluding carboxylic acids is 1. The fraction of sp³-hybridized carbons (Fsp3) is 0.231. The van der Waals surface area contributed by atoms with Crippen molar-refractivity contribution in [3.05, 3.63) is 39.4 Å². The zero-order valence-corrected chi connectivity index (χ0v) is 12.6. The highest BCUT2D eigenvalue weighted by molar-refractivity contribution is 9.10. The van der Waals surface area contributed by atoms with Gasteiger partial charge in [-0.15, -0.1) is 0 Å². The van der Waals surface area contributed by atoms with E-state index in [1.807, 2.05) is 6.92 Å². The zero-order valence-electron chi connectivity index (χ0n) is 11.1. The van der Waals surface area contributed by atoms with Gasteiger partial charge in [-0.3, -0.25) is 9.89 Å². The largest absolute Gasteiger partial charge is 0.395 e. The van der Waals surface area contributed by atoms with Crippen LogP contribution in [0.3, 0.4) is 0 Å². The average molecular weight is 341 g/mol. The van der Waals surface area contributed by atoms with Gasteiger partial charge >= 0.3 is 0 Å². The Morgan fingerprint density at radius 1 is 1.55 bits per heavy atom. The Labute approximate surface area is 123 Å². The molecule has 0 unspecified atom stereocenters. The van der Waals surface area contributed by atoms with Crippen molar-refractivity contribution < 1.29 is 9.18 Å². The van der Waals surface area contributed by atoms with E-state index in [9.17, 15) is 9.18 Å². The number of H-pyrrole nitrogens is 1. The van der Waals surface area contributed by atoms with Gasteiger partial charge in [0.25, 0.3) is 5.91 Å². The summed E-state index contributed by atoms with van der Waals surface area (Å²) in [6, 6.07) is 2.84. The van der Waals surface area contributed by atoms with E-state index in [1.54, 1.807) is 13.0 Å². The summed E-state index contributed by atoms with van der Waals surface area (Å²) < 4.78 is 13.9. The number of nitrogens with two attached hydrogens (primary N) is 1. The van der Waals surface area contributed by atoms with Crippen molar-refractivity contribution in [3.8, 4) is 0 Å². The summed E-state index contributed by atoms with van der Waals surface area (Å²) in [5.41, 5.74) is 8.08. The van der Waals surface area contributed by atoms with Crippen molar-refractivity contribution in [1.82, 2.24) is 10.2 Å². The molecule has 0 saturated heterocycles. The van der Waals surface area contributed by atoms with Gasteiger partial charge in [0.2, 0.25) is 0 Å². The third-order valence-electron chi connectivity index (χ3n) is 2.97. The molecule has 2 aromatic rings. The number of hydrogen-bond acceptors (Lipinski definition) is 3. The molecule has 0 radical (unpaired) electrons. The van der Waals surface area contributed by atoms with Crippen LogP contribution in [0, 0.1) is 12.7 Å². The van der Waals surface area contributed by atoms with E-state index in [1.165, 1.54) is 6.07 Å². The van der Waals surface area contributed by atoms with Crippen LogP contribution in [0.4, 0.5) is 15.8 Å². The predicted molar refractivity (Wildman–Crippen MR) is 79.2 cm³/mol. The normalized spacial score (nSPS) is 10.6. The van der Waals surface area contributed by atoms with E-state index in [0.717, 1.165) is 5.56 Å². The summed E-state index contributed by atoms with van der Waals surface area (Å²) in [7, 11) is 0. The molecule has 0 atom stereocenters. The minimum atomic E-state index is -0.469. The van der Waals surface area contributed by atoms with Gasteiger partial charge in [-0.05, 0) is 47.0 Å². The lowest BCUT2D eigenvalue weighted by Gasteiger charge is -2.08. The van der Waals surface area contributed by atoms with Gasteiger partial charge in [0.15, 0.2) is 5.69 Å². The maximum atomic E-state index is 13.5. The lowest BCUT2D eigenvalue weighted by Crippen LogP contribution is -2.15. The molecule has 0 aliphatic carbocycles. The predicted octanol–water partition coefficient (Wildman–Crippen LogP) is 3.02. The minimum absolute atomic E-state index is 0.115. The van der Waals surface area contributed by atoms with Gasteiger partial charge in [-0.2, -0.15) is 5.10 Å². The summed E-state index contributed by atoms with van der Waals surface area (Å²) in [5.74, 6) is -0.918. The molecule has 0 aliphatic rings. The summed E-state index contributed by atoms with van der Waals surface area (Å²) >= 11 is 3.09. The number of aromatic amines is 1. The third kappa shape index (κ3) is 2.67. The van der Waals surface area contributed by atoms with Crippen molar-refractivity contribution in [2.45, 2.75) is 20.3 Å². The lowest BCUT2D eigenvalue weighted by molar-refractivity contribution is 0.102. The Morgan fingerprint density at radius 3 is 2.85 bits per heavy atom. The number of nitrogen functional groups attached to an aromatic ring is 1. The van der Waals surface area contributed by atoms with Crippen molar-refractivity contribution in [2.24, 2.45) is 0 Å². The fourth-order valence-electron chi connectivity index (χ4n) is 1.79. The number of anilines is 2. The molecule has 106 valence electrons. The average Bonchev–Trinajstić information content (AvgIpc) is 2.77. The topological polar surface area (TPSA) is 83.8 Å². The molecule has 1 aromatic heterocycles. The third-order valence-corrected chi connectivity index (χ3v) is 3.57. The molecule has 4 N–H and O–H groups in total. The van der Waals surface area contributed by atoms with Crippen LogP contribution in [0.5, 0.6) is 0 Å². The molecule has 1 amide bonds. The van der Waals surface area contributed by atoms with Crippen molar-refractivity contribution in [2.75, 3.05) is 11.1 Å². The van der Waals surface area contributed by atoms with Crippen molar-refractivity contribution in [1.29, 1.82) is 0 Å². The first kappa shape index (κ1) is 14.5. The molecule has 0 bridgehead atoms.